The van der Waals surface area contributed by atoms with Gasteiger partial charge in [-0.25, -0.2) is 4.79 Å². The number of hydrogen-bond acceptors (Lipinski definition) is 5. The SMILES string of the molecule is O=C(O)c1ccc(N=Nc2ccc3c(-c4c([O-])ccc5ccccc45)c(O)ccc3c2)cc1.[Na+]. The third-order valence-corrected chi connectivity index (χ3v) is 5.52. The van der Waals surface area contributed by atoms with Crippen LogP contribution in [-0.4, -0.2) is 16.2 Å². The molecule has 0 radical (unpaired) electrons. The molecule has 0 atom stereocenters. The summed E-state index contributed by atoms with van der Waals surface area (Å²) in [7, 11) is 0. The van der Waals surface area contributed by atoms with Crippen LogP contribution in [0, 0.1) is 0 Å². The van der Waals surface area contributed by atoms with E-state index in [0.29, 0.717) is 22.5 Å². The average molecular weight is 456 g/mol. The van der Waals surface area contributed by atoms with Crippen LogP contribution < -0.4 is 34.7 Å². The van der Waals surface area contributed by atoms with Crippen molar-refractivity contribution >= 4 is 38.9 Å². The molecule has 0 aliphatic heterocycles. The molecule has 2 N–H and O–H groups in total. The zero-order chi connectivity index (χ0) is 22.9. The largest absolute Gasteiger partial charge is 1.00 e. The number of nitrogens with zero attached hydrogens (tertiary/aromatic N) is 2. The first-order chi connectivity index (χ1) is 16.0. The number of rotatable bonds is 4. The minimum absolute atomic E-state index is 0. The van der Waals surface area contributed by atoms with Gasteiger partial charge in [0.2, 0.25) is 0 Å². The minimum atomic E-state index is -1.00. The molecule has 0 unspecified atom stereocenters. The van der Waals surface area contributed by atoms with Gasteiger partial charge in [-0.3, -0.25) is 0 Å². The first kappa shape index (κ1) is 23.4. The molecule has 0 amide bonds. The van der Waals surface area contributed by atoms with Crippen LogP contribution in [0.2, 0.25) is 0 Å². The van der Waals surface area contributed by atoms with E-state index < -0.39 is 5.97 Å². The molecule has 5 aromatic rings. The second-order valence-electron chi connectivity index (χ2n) is 7.58. The van der Waals surface area contributed by atoms with Gasteiger partial charge in [0.05, 0.1) is 16.9 Å². The van der Waals surface area contributed by atoms with Gasteiger partial charge in [0, 0.05) is 5.56 Å². The number of hydrogen-bond donors (Lipinski definition) is 2. The fourth-order valence-corrected chi connectivity index (χ4v) is 3.93. The van der Waals surface area contributed by atoms with Crippen LogP contribution in [0.3, 0.4) is 0 Å². The Hall–Kier alpha value is -3.71. The Morgan fingerprint density at radius 2 is 1.35 bits per heavy atom. The topological polar surface area (TPSA) is 105 Å². The molecule has 0 aromatic heterocycles. The van der Waals surface area contributed by atoms with Crippen molar-refractivity contribution in [3.05, 3.63) is 96.6 Å². The predicted molar refractivity (Wildman–Crippen MR) is 126 cm³/mol. The third-order valence-electron chi connectivity index (χ3n) is 5.52. The zero-order valence-electron chi connectivity index (χ0n) is 18.3. The number of carbonyl (C=O) groups is 1. The van der Waals surface area contributed by atoms with Crippen molar-refractivity contribution in [3.8, 4) is 22.6 Å². The normalized spacial score (nSPS) is 11.1. The number of phenols is 1. The van der Waals surface area contributed by atoms with E-state index in [2.05, 4.69) is 10.2 Å². The second-order valence-corrected chi connectivity index (χ2v) is 7.58. The van der Waals surface area contributed by atoms with Crippen molar-refractivity contribution in [1.29, 1.82) is 0 Å². The van der Waals surface area contributed by atoms with Crippen LogP contribution >= 0.6 is 0 Å². The molecule has 5 rings (SSSR count). The Morgan fingerprint density at radius 1 is 0.706 bits per heavy atom. The summed E-state index contributed by atoms with van der Waals surface area (Å²) in [4.78, 5) is 11.0. The summed E-state index contributed by atoms with van der Waals surface area (Å²) in [5, 5.41) is 44.2. The molecule has 0 heterocycles. The van der Waals surface area contributed by atoms with Crippen molar-refractivity contribution < 1.29 is 49.7 Å². The molecule has 160 valence electrons. The van der Waals surface area contributed by atoms with Gasteiger partial charge in [-0.15, -0.1) is 5.75 Å². The minimum Gasteiger partial charge on any atom is -0.872 e. The van der Waals surface area contributed by atoms with E-state index in [9.17, 15) is 15.0 Å². The maximum absolute atomic E-state index is 12.8. The van der Waals surface area contributed by atoms with Gasteiger partial charge in [0.25, 0.3) is 0 Å². The maximum Gasteiger partial charge on any atom is 1.00 e. The number of benzene rings is 5. The van der Waals surface area contributed by atoms with Gasteiger partial charge in [0.15, 0.2) is 0 Å². The van der Waals surface area contributed by atoms with Gasteiger partial charge in [-0.1, -0.05) is 48.5 Å². The standard InChI is InChI=1S/C27H18N2O4.Na/c30-23-13-7-16-3-1-2-4-21(16)25(23)26-22-12-11-20(15-18(22)8-14-24(26)31)29-28-19-9-5-17(6-10-19)27(32)33;/h1-15,30-31H,(H,32,33);/q;+1/p-1. The summed E-state index contributed by atoms with van der Waals surface area (Å²) in [6.45, 7) is 0. The molecule has 0 spiro atoms. The Morgan fingerprint density at radius 3 is 2.12 bits per heavy atom. The summed E-state index contributed by atoms with van der Waals surface area (Å²) in [5.41, 5.74) is 2.24. The quantitative estimate of drug-likeness (QED) is 0.319. The van der Waals surface area contributed by atoms with Crippen molar-refractivity contribution in [2.45, 2.75) is 0 Å². The molecule has 0 bridgehead atoms. The number of carboxylic acids is 1. The molecule has 0 aliphatic rings. The maximum atomic E-state index is 12.8. The van der Waals surface area contributed by atoms with E-state index in [1.165, 1.54) is 18.2 Å². The third kappa shape index (κ3) is 4.39. The number of aromatic hydroxyl groups is 1. The molecule has 0 saturated carbocycles. The molecular formula is C27H17N2NaO4. The molecule has 5 aromatic carbocycles. The van der Waals surface area contributed by atoms with Gasteiger partial charge in [-0.05, 0) is 69.6 Å². The molecule has 0 fully saturated rings. The summed E-state index contributed by atoms with van der Waals surface area (Å²) in [6.07, 6.45) is 0. The fraction of sp³-hybridized carbons (Fsp3) is 0. The van der Waals surface area contributed by atoms with Crippen LogP contribution in [0.25, 0.3) is 32.7 Å². The zero-order valence-corrected chi connectivity index (χ0v) is 20.3. The number of carboxylic acid groups (broad SMARTS) is 1. The molecule has 7 heteroatoms. The Bertz CT molecular complexity index is 1560. The van der Waals surface area contributed by atoms with E-state index in [1.54, 1.807) is 36.4 Å². The predicted octanol–water partition coefficient (Wildman–Crippen LogP) is 3.56. The van der Waals surface area contributed by atoms with E-state index in [4.69, 9.17) is 5.11 Å². The van der Waals surface area contributed by atoms with Gasteiger partial charge < -0.3 is 15.3 Å². The first-order valence-electron chi connectivity index (χ1n) is 10.2. The van der Waals surface area contributed by atoms with Gasteiger partial charge in [-0.2, -0.15) is 10.2 Å². The molecule has 0 saturated heterocycles. The van der Waals surface area contributed by atoms with E-state index in [-0.39, 0.29) is 46.6 Å². The van der Waals surface area contributed by atoms with Crippen LogP contribution in [0.5, 0.6) is 11.5 Å². The second kappa shape index (κ2) is 9.65. The Balaban J connectivity index is 0.00000274. The summed E-state index contributed by atoms with van der Waals surface area (Å²) < 4.78 is 0. The summed E-state index contributed by atoms with van der Waals surface area (Å²) >= 11 is 0. The fourth-order valence-electron chi connectivity index (χ4n) is 3.93. The van der Waals surface area contributed by atoms with Crippen molar-refractivity contribution in [3.63, 3.8) is 0 Å². The molecule has 34 heavy (non-hydrogen) atoms. The van der Waals surface area contributed by atoms with Crippen LogP contribution in [0.4, 0.5) is 11.4 Å². The molecule has 0 aliphatic carbocycles. The average Bonchev–Trinajstić information content (AvgIpc) is 2.83. The number of azo groups is 1. The van der Waals surface area contributed by atoms with E-state index in [1.807, 2.05) is 36.4 Å². The Kier molecular flexibility index (Phi) is 6.65. The van der Waals surface area contributed by atoms with Crippen molar-refractivity contribution in [2.24, 2.45) is 10.2 Å². The van der Waals surface area contributed by atoms with E-state index in [0.717, 1.165) is 21.5 Å². The van der Waals surface area contributed by atoms with Crippen LogP contribution in [0.1, 0.15) is 10.4 Å². The number of phenolic OH excluding ortho intramolecular Hbond substituents is 1. The monoisotopic (exact) mass is 456 g/mol. The molecular weight excluding hydrogens is 439 g/mol. The number of aromatic carboxylic acids is 1. The summed E-state index contributed by atoms with van der Waals surface area (Å²) in [6, 6.07) is 25.7. The van der Waals surface area contributed by atoms with Crippen LogP contribution in [-0.2, 0) is 0 Å². The van der Waals surface area contributed by atoms with E-state index >= 15 is 0 Å². The van der Waals surface area contributed by atoms with Crippen LogP contribution in [0.15, 0.2) is 101 Å². The molecule has 6 nitrogen and oxygen atoms in total. The van der Waals surface area contributed by atoms with Crippen molar-refractivity contribution in [1.82, 2.24) is 0 Å². The Labute approximate surface area is 217 Å². The number of fused-ring (bicyclic) bond motifs is 2. The van der Waals surface area contributed by atoms with Crippen molar-refractivity contribution in [2.75, 3.05) is 0 Å². The summed E-state index contributed by atoms with van der Waals surface area (Å²) in [5.74, 6) is -1.13. The van der Waals surface area contributed by atoms with Gasteiger partial charge in [0.1, 0.15) is 5.75 Å². The first-order valence-corrected chi connectivity index (χ1v) is 10.2. The van der Waals surface area contributed by atoms with Gasteiger partial charge >= 0.3 is 35.5 Å². The smallest absolute Gasteiger partial charge is 0.872 e.